The fourth-order valence-corrected chi connectivity index (χ4v) is 5.18. The Bertz CT molecular complexity index is 1150. The number of benzene rings is 1. The van der Waals surface area contributed by atoms with Gasteiger partial charge in [0.2, 0.25) is 0 Å². The van der Waals surface area contributed by atoms with E-state index in [1.54, 1.807) is 31.4 Å². The highest BCUT2D eigenvalue weighted by atomic mass is 35.5. The molecule has 1 atom stereocenters. The summed E-state index contributed by atoms with van der Waals surface area (Å²) in [4.78, 5) is 40.8. The molecule has 1 aromatic carbocycles. The number of methoxy groups -OCH3 is 1. The van der Waals surface area contributed by atoms with E-state index in [2.05, 4.69) is 15.6 Å². The molecule has 2 aliphatic rings. The van der Waals surface area contributed by atoms with Crippen molar-refractivity contribution in [1.29, 1.82) is 0 Å². The highest BCUT2D eigenvalue weighted by Gasteiger charge is 2.50. The second-order valence-electron chi connectivity index (χ2n) is 8.81. The lowest BCUT2D eigenvalue weighted by atomic mass is 9.62. The van der Waals surface area contributed by atoms with E-state index in [4.69, 9.17) is 27.9 Å². The summed E-state index contributed by atoms with van der Waals surface area (Å²) in [6, 6.07) is 5.93. The number of halogens is 2. The van der Waals surface area contributed by atoms with Crippen molar-refractivity contribution in [3.05, 3.63) is 69.6 Å². The van der Waals surface area contributed by atoms with Crippen LogP contribution < -0.4 is 10.6 Å². The smallest absolute Gasteiger partial charge is 0.326 e. The Morgan fingerprint density at radius 2 is 1.80 bits per heavy atom. The highest BCUT2D eigenvalue weighted by Crippen LogP contribution is 2.48. The van der Waals surface area contributed by atoms with Crippen LogP contribution in [-0.2, 0) is 20.7 Å². The number of anilines is 1. The number of carbonyl (C=O) groups is 3. The Kier molecular flexibility index (Phi) is 7.44. The van der Waals surface area contributed by atoms with Gasteiger partial charge in [0.05, 0.1) is 27.1 Å². The van der Waals surface area contributed by atoms with Gasteiger partial charge in [0.25, 0.3) is 5.91 Å². The molecule has 0 aliphatic heterocycles. The first-order valence-electron chi connectivity index (χ1n) is 11.2. The number of nitrogens with zero attached hydrogens (tertiary/aromatic N) is 1. The van der Waals surface area contributed by atoms with Gasteiger partial charge < -0.3 is 20.5 Å². The first-order chi connectivity index (χ1) is 16.7. The van der Waals surface area contributed by atoms with E-state index in [1.807, 2.05) is 0 Å². The molecule has 1 saturated carbocycles. The number of ketones is 1. The summed E-state index contributed by atoms with van der Waals surface area (Å²) in [6.45, 7) is 0. The Hall–Kier alpha value is -2.94. The van der Waals surface area contributed by atoms with Crippen molar-refractivity contribution < 1.29 is 24.2 Å². The number of pyridine rings is 1. The quantitative estimate of drug-likeness (QED) is 0.478. The van der Waals surface area contributed by atoms with Gasteiger partial charge in [-0.3, -0.25) is 14.6 Å². The summed E-state index contributed by atoms with van der Waals surface area (Å²) in [6.07, 6.45) is 7.35. The van der Waals surface area contributed by atoms with Crippen LogP contribution in [0.3, 0.4) is 0 Å². The molecule has 1 fully saturated rings. The maximum atomic E-state index is 12.5. The van der Waals surface area contributed by atoms with Crippen molar-refractivity contribution in [3.8, 4) is 0 Å². The van der Waals surface area contributed by atoms with Gasteiger partial charge in [-0.15, -0.1) is 0 Å². The molecule has 2 aromatic rings. The van der Waals surface area contributed by atoms with Crippen LogP contribution in [0.1, 0.15) is 41.6 Å². The van der Waals surface area contributed by atoms with E-state index >= 15 is 0 Å². The Morgan fingerprint density at radius 1 is 1.17 bits per heavy atom. The van der Waals surface area contributed by atoms with Crippen molar-refractivity contribution in [2.75, 3.05) is 12.4 Å². The molecule has 10 heteroatoms. The Labute approximate surface area is 212 Å². The van der Waals surface area contributed by atoms with Crippen LogP contribution in [0, 0.1) is 5.41 Å². The van der Waals surface area contributed by atoms with Gasteiger partial charge in [-0.1, -0.05) is 35.3 Å². The number of ether oxygens (including phenoxy) is 1. The van der Waals surface area contributed by atoms with Crippen molar-refractivity contribution >= 4 is 46.5 Å². The lowest BCUT2D eigenvalue weighted by Gasteiger charge is -2.45. The molecular weight excluding hydrogens is 493 g/mol. The lowest BCUT2D eigenvalue weighted by Crippen LogP contribution is -2.52. The van der Waals surface area contributed by atoms with Crippen molar-refractivity contribution in [3.63, 3.8) is 0 Å². The second-order valence-corrected chi connectivity index (χ2v) is 9.62. The Morgan fingerprint density at radius 3 is 2.34 bits per heavy atom. The zero-order chi connectivity index (χ0) is 25.2. The maximum Gasteiger partial charge on any atom is 0.326 e. The molecule has 1 heterocycles. The highest BCUT2D eigenvalue weighted by molar-refractivity contribution is 6.40. The zero-order valence-corrected chi connectivity index (χ0v) is 20.5. The number of nitrogens with one attached hydrogen (secondary N) is 2. The van der Waals surface area contributed by atoms with Gasteiger partial charge >= 0.3 is 5.97 Å². The molecule has 3 N–H and O–H groups in total. The molecule has 4 rings (SSSR count). The average Bonchev–Trinajstić information content (AvgIpc) is 2.84. The monoisotopic (exact) mass is 517 g/mol. The van der Waals surface area contributed by atoms with Crippen molar-refractivity contribution in [2.45, 2.75) is 44.2 Å². The summed E-state index contributed by atoms with van der Waals surface area (Å²) in [5, 5.41) is 15.9. The number of hydrogen-bond acceptors (Lipinski definition) is 6. The van der Waals surface area contributed by atoms with E-state index in [0.717, 1.165) is 18.4 Å². The first kappa shape index (κ1) is 25.2. The minimum atomic E-state index is -1.01. The molecule has 0 bridgehead atoms. The number of aromatic nitrogens is 1. The van der Waals surface area contributed by atoms with Crippen LogP contribution in [0.25, 0.3) is 0 Å². The minimum Gasteiger partial charge on any atom is -0.480 e. The molecule has 1 aromatic heterocycles. The van der Waals surface area contributed by atoms with E-state index in [0.29, 0.717) is 24.2 Å². The van der Waals surface area contributed by atoms with Gasteiger partial charge in [0, 0.05) is 43.4 Å². The molecule has 8 nitrogen and oxygen atoms in total. The number of amides is 1. The van der Waals surface area contributed by atoms with Crippen LogP contribution in [0.4, 0.5) is 5.69 Å². The van der Waals surface area contributed by atoms with Crippen molar-refractivity contribution in [1.82, 2.24) is 10.3 Å². The molecule has 0 radical (unpaired) electrons. The summed E-state index contributed by atoms with van der Waals surface area (Å²) >= 11 is 12.1. The van der Waals surface area contributed by atoms with E-state index in [1.165, 1.54) is 18.5 Å². The largest absolute Gasteiger partial charge is 0.480 e. The van der Waals surface area contributed by atoms with Crippen LogP contribution in [0.15, 0.2) is 48.4 Å². The number of carbonyl (C=O) groups excluding carboxylic acids is 2. The number of hydrogen-bond donors (Lipinski definition) is 3. The molecule has 2 aliphatic carbocycles. The summed E-state index contributed by atoms with van der Waals surface area (Å²) in [5.41, 5.74) is 1.46. The molecule has 1 spiro atoms. The lowest BCUT2D eigenvalue weighted by molar-refractivity contribution is -0.140. The second kappa shape index (κ2) is 10.4. The van der Waals surface area contributed by atoms with E-state index in [-0.39, 0.29) is 33.9 Å². The number of carboxylic acid groups (broad SMARTS) is 1. The maximum absolute atomic E-state index is 12.5. The van der Waals surface area contributed by atoms with Gasteiger partial charge in [0.1, 0.15) is 6.04 Å². The third kappa shape index (κ3) is 5.19. The number of allylic oxidation sites excluding steroid dienone is 2. The van der Waals surface area contributed by atoms with Crippen LogP contribution in [0.2, 0.25) is 10.0 Å². The van der Waals surface area contributed by atoms with Crippen LogP contribution in [-0.4, -0.2) is 47.0 Å². The predicted molar refractivity (Wildman–Crippen MR) is 132 cm³/mol. The third-order valence-electron chi connectivity index (χ3n) is 6.74. The van der Waals surface area contributed by atoms with Gasteiger partial charge in [-0.05, 0) is 43.4 Å². The van der Waals surface area contributed by atoms with Crippen LogP contribution in [0.5, 0.6) is 0 Å². The van der Waals surface area contributed by atoms with Crippen molar-refractivity contribution in [2.24, 2.45) is 5.41 Å². The topological polar surface area (TPSA) is 118 Å². The number of rotatable bonds is 8. The predicted octanol–water partition coefficient (Wildman–Crippen LogP) is 4.27. The van der Waals surface area contributed by atoms with E-state index < -0.39 is 23.3 Å². The number of carboxylic acids is 1. The average molecular weight is 518 g/mol. The summed E-state index contributed by atoms with van der Waals surface area (Å²) in [7, 11) is 1.67. The third-order valence-corrected chi connectivity index (χ3v) is 7.32. The normalized spacial score (nSPS) is 22.2. The molecule has 1 unspecified atom stereocenters. The fraction of sp³-hybridized carbons (Fsp3) is 0.360. The standard InChI is InChI=1S/C25H25Cl2N3O5/c1-35-16-6-8-25(9-7-16)20(11-21(25)31)30-19(24(33)34)10-14-2-4-15(5-3-14)29-23(32)22-17(26)12-28-13-18(22)27/h2-5,11-13,16,19,30H,6-10H2,1H3,(H,29,32)(H,33,34). The summed E-state index contributed by atoms with van der Waals surface area (Å²) in [5.74, 6) is -1.44. The zero-order valence-electron chi connectivity index (χ0n) is 19.0. The number of aliphatic carboxylic acids is 1. The molecular formula is C25H25Cl2N3O5. The Balaban J connectivity index is 1.40. The molecule has 0 saturated heterocycles. The molecule has 35 heavy (non-hydrogen) atoms. The van der Waals surface area contributed by atoms with Gasteiger partial charge in [-0.25, -0.2) is 4.79 Å². The van der Waals surface area contributed by atoms with E-state index in [9.17, 15) is 19.5 Å². The first-order valence-corrected chi connectivity index (χ1v) is 12.0. The van der Waals surface area contributed by atoms with Gasteiger partial charge in [-0.2, -0.15) is 0 Å². The molecule has 1 amide bonds. The molecule has 184 valence electrons. The fourth-order valence-electron chi connectivity index (χ4n) is 4.65. The summed E-state index contributed by atoms with van der Waals surface area (Å²) < 4.78 is 5.40. The van der Waals surface area contributed by atoms with Crippen LogP contribution >= 0.6 is 23.2 Å². The minimum absolute atomic E-state index is 0.0493. The van der Waals surface area contributed by atoms with Gasteiger partial charge in [0.15, 0.2) is 5.78 Å². The SMILES string of the molecule is COC1CCC2(CC1)C(=O)C=C2NC(Cc1ccc(NC(=O)c2c(Cl)cncc2Cl)cc1)C(=O)O.